The molecule has 1 heterocycles. The van der Waals surface area contributed by atoms with Gasteiger partial charge in [0.05, 0.1) is 0 Å². The van der Waals surface area contributed by atoms with Gasteiger partial charge in [-0.1, -0.05) is 29.8 Å². The Kier molecular flexibility index (Phi) is 3.19. The van der Waals surface area contributed by atoms with E-state index in [0.29, 0.717) is 6.54 Å². The van der Waals surface area contributed by atoms with Gasteiger partial charge in [-0.25, -0.2) is 0 Å². The van der Waals surface area contributed by atoms with Gasteiger partial charge in [0.25, 0.3) is 0 Å². The molecule has 0 radical (unpaired) electrons. The van der Waals surface area contributed by atoms with E-state index in [1.54, 1.807) is 11.3 Å². The first kappa shape index (κ1) is 10.4. The molecule has 0 spiro atoms. The van der Waals surface area contributed by atoms with Crippen LogP contribution < -0.4 is 5.73 Å². The Hall–Kier alpha value is -1.12. The summed E-state index contributed by atoms with van der Waals surface area (Å²) in [5, 5.41) is 2.20. The average Bonchev–Trinajstić information content (AvgIpc) is 2.69. The Bertz CT molecular complexity index is 428. The third-order valence-electron chi connectivity index (χ3n) is 2.44. The van der Waals surface area contributed by atoms with Crippen LogP contribution in [0.15, 0.2) is 35.7 Å². The number of thiophene rings is 1. The Morgan fingerprint density at radius 3 is 2.47 bits per heavy atom. The van der Waals surface area contributed by atoms with Crippen molar-refractivity contribution in [3.8, 4) is 0 Å². The zero-order valence-corrected chi connectivity index (χ0v) is 9.68. The molecule has 0 aliphatic carbocycles. The summed E-state index contributed by atoms with van der Waals surface area (Å²) >= 11 is 1.75. The molecule has 0 unspecified atom stereocenters. The van der Waals surface area contributed by atoms with Gasteiger partial charge in [-0.3, -0.25) is 0 Å². The van der Waals surface area contributed by atoms with Crippen molar-refractivity contribution in [2.45, 2.75) is 19.9 Å². The summed E-state index contributed by atoms with van der Waals surface area (Å²) < 4.78 is 0. The first-order chi connectivity index (χ1) is 7.28. The second-order valence-electron chi connectivity index (χ2n) is 3.79. The van der Waals surface area contributed by atoms with Crippen LogP contribution in [0.4, 0.5) is 0 Å². The average molecular weight is 217 g/mol. The molecule has 2 aromatic rings. The van der Waals surface area contributed by atoms with E-state index in [0.717, 1.165) is 6.42 Å². The first-order valence-electron chi connectivity index (χ1n) is 5.10. The van der Waals surface area contributed by atoms with Gasteiger partial charge in [0.15, 0.2) is 0 Å². The second kappa shape index (κ2) is 4.60. The van der Waals surface area contributed by atoms with E-state index in [2.05, 4.69) is 42.6 Å². The molecule has 0 aliphatic heterocycles. The standard InChI is InChI=1S/C13H15NS/c1-10-2-4-11(5-3-10)6-12-7-13(8-14)15-9-12/h2-5,7,9H,6,8,14H2,1H3. The fraction of sp³-hybridized carbons (Fsp3) is 0.231. The lowest BCUT2D eigenvalue weighted by Crippen LogP contribution is -1.92. The number of hydrogen-bond acceptors (Lipinski definition) is 2. The second-order valence-corrected chi connectivity index (χ2v) is 4.78. The number of hydrogen-bond donors (Lipinski definition) is 1. The molecular formula is C13H15NS. The third kappa shape index (κ3) is 2.67. The largest absolute Gasteiger partial charge is 0.326 e. The quantitative estimate of drug-likeness (QED) is 0.840. The van der Waals surface area contributed by atoms with Crippen LogP contribution in [-0.4, -0.2) is 0 Å². The lowest BCUT2D eigenvalue weighted by atomic mass is 10.1. The Balaban J connectivity index is 2.11. The molecule has 0 saturated carbocycles. The molecule has 1 nitrogen and oxygen atoms in total. The highest BCUT2D eigenvalue weighted by molar-refractivity contribution is 7.10. The molecule has 0 saturated heterocycles. The van der Waals surface area contributed by atoms with Gasteiger partial charge in [0, 0.05) is 11.4 Å². The summed E-state index contributed by atoms with van der Waals surface area (Å²) in [7, 11) is 0. The van der Waals surface area contributed by atoms with E-state index in [4.69, 9.17) is 5.73 Å². The summed E-state index contributed by atoms with van der Waals surface area (Å²) in [6.45, 7) is 2.76. The molecule has 2 heteroatoms. The summed E-state index contributed by atoms with van der Waals surface area (Å²) in [6, 6.07) is 10.9. The van der Waals surface area contributed by atoms with Crippen LogP contribution in [0.2, 0.25) is 0 Å². The lowest BCUT2D eigenvalue weighted by Gasteiger charge is -1.99. The highest BCUT2D eigenvalue weighted by Gasteiger charge is 1.99. The van der Waals surface area contributed by atoms with Gasteiger partial charge in [-0.05, 0) is 35.9 Å². The number of nitrogens with two attached hydrogens (primary N) is 1. The minimum absolute atomic E-state index is 0.651. The molecular weight excluding hydrogens is 202 g/mol. The molecule has 2 rings (SSSR count). The fourth-order valence-electron chi connectivity index (χ4n) is 1.57. The van der Waals surface area contributed by atoms with Crippen molar-refractivity contribution in [1.29, 1.82) is 0 Å². The SMILES string of the molecule is Cc1ccc(Cc2csc(CN)c2)cc1. The van der Waals surface area contributed by atoms with E-state index < -0.39 is 0 Å². The molecule has 0 atom stereocenters. The summed E-state index contributed by atoms with van der Waals surface area (Å²) in [5.74, 6) is 0. The van der Waals surface area contributed by atoms with Crippen molar-refractivity contribution in [3.63, 3.8) is 0 Å². The zero-order chi connectivity index (χ0) is 10.7. The van der Waals surface area contributed by atoms with E-state index in [-0.39, 0.29) is 0 Å². The molecule has 0 fully saturated rings. The maximum Gasteiger partial charge on any atom is 0.0273 e. The van der Waals surface area contributed by atoms with Crippen molar-refractivity contribution in [2.75, 3.05) is 0 Å². The minimum Gasteiger partial charge on any atom is -0.326 e. The van der Waals surface area contributed by atoms with Crippen LogP contribution in [0.25, 0.3) is 0 Å². The van der Waals surface area contributed by atoms with Crippen molar-refractivity contribution >= 4 is 11.3 Å². The molecule has 1 aromatic carbocycles. The van der Waals surface area contributed by atoms with Gasteiger partial charge in [-0.15, -0.1) is 11.3 Å². The van der Waals surface area contributed by atoms with Crippen LogP contribution >= 0.6 is 11.3 Å². The van der Waals surface area contributed by atoms with Crippen molar-refractivity contribution < 1.29 is 0 Å². The van der Waals surface area contributed by atoms with Gasteiger partial charge >= 0.3 is 0 Å². The summed E-state index contributed by atoms with van der Waals surface area (Å²) in [4.78, 5) is 1.26. The number of benzene rings is 1. The van der Waals surface area contributed by atoms with Gasteiger partial charge in [0.2, 0.25) is 0 Å². The van der Waals surface area contributed by atoms with Crippen LogP contribution in [-0.2, 0) is 13.0 Å². The molecule has 0 bridgehead atoms. The minimum atomic E-state index is 0.651. The Morgan fingerprint density at radius 2 is 1.87 bits per heavy atom. The van der Waals surface area contributed by atoms with Crippen molar-refractivity contribution in [3.05, 3.63) is 57.3 Å². The lowest BCUT2D eigenvalue weighted by molar-refractivity contribution is 1.10. The normalized spacial score (nSPS) is 10.5. The van der Waals surface area contributed by atoms with Crippen LogP contribution in [0, 0.1) is 6.92 Å². The first-order valence-corrected chi connectivity index (χ1v) is 5.98. The van der Waals surface area contributed by atoms with Crippen LogP contribution in [0.5, 0.6) is 0 Å². The smallest absolute Gasteiger partial charge is 0.0273 e. The monoisotopic (exact) mass is 217 g/mol. The van der Waals surface area contributed by atoms with E-state index in [9.17, 15) is 0 Å². The van der Waals surface area contributed by atoms with Gasteiger partial charge < -0.3 is 5.73 Å². The van der Waals surface area contributed by atoms with Crippen LogP contribution in [0.1, 0.15) is 21.6 Å². The maximum atomic E-state index is 5.59. The topological polar surface area (TPSA) is 26.0 Å². The number of rotatable bonds is 3. The van der Waals surface area contributed by atoms with E-state index in [1.165, 1.54) is 21.6 Å². The van der Waals surface area contributed by atoms with Crippen molar-refractivity contribution in [1.82, 2.24) is 0 Å². The molecule has 0 amide bonds. The molecule has 0 aliphatic rings. The number of aryl methyl sites for hydroxylation is 1. The van der Waals surface area contributed by atoms with E-state index in [1.807, 2.05) is 0 Å². The Morgan fingerprint density at radius 1 is 1.13 bits per heavy atom. The van der Waals surface area contributed by atoms with Crippen molar-refractivity contribution in [2.24, 2.45) is 5.73 Å². The van der Waals surface area contributed by atoms with Gasteiger partial charge in [-0.2, -0.15) is 0 Å². The summed E-state index contributed by atoms with van der Waals surface area (Å²) in [5.41, 5.74) is 9.63. The van der Waals surface area contributed by atoms with Gasteiger partial charge in [0.1, 0.15) is 0 Å². The maximum absolute atomic E-state index is 5.59. The predicted molar refractivity (Wildman–Crippen MR) is 66.2 cm³/mol. The molecule has 2 N–H and O–H groups in total. The highest BCUT2D eigenvalue weighted by atomic mass is 32.1. The summed E-state index contributed by atoms with van der Waals surface area (Å²) in [6.07, 6.45) is 1.01. The highest BCUT2D eigenvalue weighted by Crippen LogP contribution is 2.17. The fourth-order valence-corrected chi connectivity index (χ4v) is 2.34. The van der Waals surface area contributed by atoms with Crippen LogP contribution in [0.3, 0.4) is 0 Å². The third-order valence-corrected chi connectivity index (χ3v) is 3.45. The molecule has 15 heavy (non-hydrogen) atoms. The molecule has 1 aromatic heterocycles. The van der Waals surface area contributed by atoms with E-state index >= 15 is 0 Å². The predicted octanol–water partition coefficient (Wildman–Crippen LogP) is 3.11. The molecule has 78 valence electrons. The Labute approximate surface area is 94.6 Å². The zero-order valence-electron chi connectivity index (χ0n) is 8.86.